The zero-order valence-electron chi connectivity index (χ0n) is 16.6. The van der Waals surface area contributed by atoms with Crippen LogP contribution in [0.15, 0.2) is 54.6 Å². The third kappa shape index (κ3) is 6.46. The van der Waals surface area contributed by atoms with E-state index in [4.69, 9.17) is 0 Å². The number of benzene rings is 2. The van der Waals surface area contributed by atoms with Crippen LogP contribution < -0.4 is 5.32 Å². The first-order valence-electron chi connectivity index (χ1n) is 9.87. The van der Waals surface area contributed by atoms with Crippen molar-refractivity contribution in [3.05, 3.63) is 75.8 Å². The molecule has 1 atom stereocenters. The summed E-state index contributed by atoms with van der Waals surface area (Å²) in [4.78, 5) is 25.4. The number of amides is 1. The summed E-state index contributed by atoms with van der Waals surface area (Å²) in [7, 11) is 0. The van der Waals surface area contributed by atoms with Gasteiger partial charge in [-0.05, 0) is 56.6 Å². The Hall–Kier alpha value is -2.73. The lowest BCUT2D eigenvalue weighted by Crippen LogP contribution is -2.29. The second-order valence-corrected chi connectivity index (χ2v) is 6.76. The minimum Gasteiger partial charge on any atom is -0.345 e. The average Bonchev–Trinajstić information content (AvgIpc) is 2.73. The number of nitro groups is 1. The molecule has 150 valence electrons. The smallest absolute Gasteiger partial charge is 0.269 e. The molecule has 1 unspecified atom stereocenters. The standard InChI is InChI=1S/C22H29N3O3/c1-3-24(4-2)17-9-8-12-21(18-10-6-5-7-11-18)23-22(26)19-13-15-20(16-14-19)25(27)28/h5-7,10-11,13-16,21H,3-4,8-9,12,17H2,1-2H3,(H,23,26). The van der Waals surface area contributed by atoms with Gasteiger partial charge in [0.2, 0.25) is 0 Å². The highest BCUT2D eigenvalue weighted by atomic mass is 16.6. The third-order valence-corrected chi connectivity index (χ3v) is 4.96. The van der Waals surface area contributed by atoms with E-state index >= 15 is 0 Å². The number of hydrogen-bond donors (Lipinski definition) is 1. The fourth-order valence-corrected chi connectivity index (χ4v) is 3.21. The topological polar surface area (TPSA) is 75.5 Å². The van der Waals surface area contributed by atoms with Crippen LogP contribution in [0.1, 0.15) is 55.1 Å². The maximum atomic E-state index is 12.7. The lowest BCUT2D eigenvalue weighted by atomic mass is 10.00. The molecule has 0 saturated carbocycles. The minimum atomic E-state index is -0.468. The molecule has 0 aliphatic carbocycles. The van der Waals surface area contributed by atoms with Crippen molar-refractivity contribution in [2.24, 2.45) is 0 Å². The normalized spacial score (nSPS) is 12.0. The van der Waals surface area contributed by atoms with E-state index in [0.29, 0.717) is 5.56 Å². The molecule has 2 rings (SSSR count). The highest BCUT2D eigenvalue weighted by Gasteiger charge is 2.16. The van der Waals surface area contributed by atoms with Gasteiger partial charge in [0.15, 0.2) is 0 Å². The number of carbonyl (C=O) groups is 1. The molecule has 1 N–H and O–H groups in total. The van der Waals surface area contributed by atoms with E-state index in [2.05, 4.69) is 24.1 Å². The molecule has 2 aromatic carbocycles. The summed E-state index contributed by atoms with van der Waals surface area (Å²) in [6, 6.07) is 15.6. The number of non-ortho nitro benzene ring substituents is 1. The van der Waals surface area contributed by atoms with Crippen molar-refractivity contribution in [3.63, 3.8) is 0 Å². The van der Waals surface area contributed by atoms with Gasteiger partial charge in [0.05, 0.1) is 11.0 Å². The summed E-state index contributed by atoms with van der Waals surface area (Å²) in [5.74, 6) is -0.215. The van der Waals surface area contributed by atoms with Crippen LogP contribution in [0.4, 0.5) is 5.69 Å². The first-order valence-corrected chi connectivity index (χ1v) is 9.87. The molecule has 0 saturated heterocycles. The molecule has 6 heteroatoms. The van der Waals surface area contributed by atoms with Crippen LogP contribution >= 0.6 is 0 Å². The molecule has 0 aliphatic rings. The van der Waals surface area contributed by atoms with Crippen LogP contribution in [0.2, 0.25) is 0 Å². The first kappa shape index (κ1) is 21.6. The van der Waals surface area contributed by atoms with Crippen LogP contribution in [-0.2, 0) is 0 Å². The van der Waals surface area contributed by atoms with E-state index in [1.807, 2.05) is 30.3 Å². The molecule has 0 aromatic heterocycles. The quantitative estimate of drug-likeness (QED) is 0.350. The fourth-order valence-electron chi connectivity index (χ4n) is 3.21. The monoisotopic (exact) mass is 383 g/mol. The zero-order valence-corrected chi connectivity index (χ0v) is 16.6. The Balaban J connectivity index is 2.01. The van der Waals surface area contributed by atoms with Crippen LogP contribution in [0.3, 0.4) is 0 Å². The number of carbonyl (C=O) groups excluding carboxylic acids is 1. The Morgan fingerprint density at radius 2 is 1.68 bits per heavy atom. The van der Waals surface area contributed by atoms with Gasteiger partial charge in [-0.2, -0.15) is 0 Å². The third-order valence-electron chi connectivity index (χ3n) is 4.96. The van der Waals surface area contributed by atoms with E-state index in [0.717, 1.165) is 44.5 Å². The lowest BCUT2D eigenvalue weighted by Gasteiger charge is -2.21. The van der Waals surface area contributed by atoms with E-state index in [1.54, 1.807) is 0 Å². The van der Waals surface area contributed by atoms with Gasteiger partial charge in [-0.15, -0.1) is 0 Å². The molecule has 2 aromatic rings. The summed E-state index contributed by atoms with van der Waals surface area (Å²) < 4.78 is 0. The summed E-state index contributed by atoms with van der Waals surface area (Å²) in [5, 5.41) is 13.9. The summed E-state index contributed by atoms with van der Waals surface area (Å²) in [6.45, 7) is 7.50. The Kier molecular flexibility index (Phi) is 8.62. The van der Waals surface area contributed by atoms with E-state index < -0.39 is 4.92 Å². The summed E-state index contributed by atoms with van der Waals surface area (Å²) in [5.41, 5.74) is 1.47. The predicted octanol–water partition coefficient (Wildman–Crippen LogP) is 4.58. The van der Waals surface area contributed by atoms with Gasteiger partial charge in [-0.1, -0.05) is 44.2 Å². The minimum absolute atomic E-state index is 0.0208. The van der Waals surface area contributed by atoms with Gasteiger partial charge in [0.1, 0.15) is 0 Å². The molecular formula is C22H29N3O3. The van der Waals surface area contributed by atoms with Crippen molar-refractivity contribution >= 4 is 11.6 Å². The van der Waals surface area contributed by atoms with Crippen molar-refractivity contribution < 1.29 is 9.72 Å². The van der Waals surface area contributed by atoms with Gasteiger partial charge < -0.3 is 10.2 Å². The molecule has 0 fully saturated rings. The van der Waals surface area contributed by atoms with Gasteiger partial charge in [0, 0.05) is 17.7 Å². The highest BCUT2D eigenvalue weighted by Crippen LogP contribution is 2.21. The number of nitrogens with zero attached hydrogens (tertiary/aromatic N) is 2. The van der Waals surface area contributed by atoms with Crippen LogP contribution in [0, 0.1) is 10.1 Å². The summed E-state index contributed by atoms with van der Waals surface area (Å²) in [6.07, 6.45) is 2.94. The average molecular weight is 383 g/mol. The van der Waals surface area contributed by atoms with E-state index in [-0.39, 0.29) is 17.6 Å². The van der Waals surface area contributed by atoms with Gasteiger partial charge in [-0.3, -0.25) is 14.9 Å². The molecule has 6 nitrogen and oxygen atoms in total. The second-order valence-electron chi connectivity index (χ2n) is 6.76. The Labute approximate surface area is 166 Å². The van der Waals surface area contributed by atoms with Gasteiger partial charge >= 0.3 is 0 Å². The number of nitro benzene ring substituents is 1. The molecule has 1 amide bonds. The summed E-state index contributed by atoms with van der Waals surface area (Å²) >= 11 is 0. The van der Waals surface area contributed by atoms with Crippen molar-refractivity contribution in [2.75, 3.05) is 19.6 Å². The molecule has 0 radical (unpaired) electrons. The van der Waals surface area contributed by atoms with Gasteiger partial charge in [0.25, 0.3) is 11.6 Å². The second kappa shape index (κ2) is 11.2. The zero-order chi connectivity index (χ0) is 20.4. The Morgan fingerprint density at radius 3 is 2.25 bits per heavy atom. The molecule has 0 aliphatic heterocycles. The van der Waals surface area contributed by atoms with E-state index in [9.17, 15) is 14.9 Å². The number of rotatable bonds is 11. The van der Waals surface area contributed by atoms with Crippen molar-refractivity contribution in [2.45, 2.75) is 39.2 Å². The van der Waals surface area contributed by atoms with Crippen molar-refractivity contribution in [3.8, 4) is 0 Å². The maximum Gasteiger partial charge on any atom is 0.269 e. The van der Waals surface area contributed by atoms with E-state index in [1.165, 1.54) is 24.3 Å². The molecular weight excluding hydrogens is 354 g/mol. The SMILES string of the molecule is CCN(CC)CCCCC(NC(=O)c1ccc([N+](=O)[O-])cc1)c1ccccc1. The molecule has 0 bridgehead atoms. The number of unbranched alkanes of at least 4 members (excludes halogenated alkanes) is 1. The van der Waals surface area contributed by atoms with Crippen LogP contribution in [0.25, 0.3) is 0 Å². The largest absolute Gasteiger partial charge is 0.345 e. The number of nitrogens with one attached hydrogen (secondary N) is 1. The molecule has 0 spiro atoms. The fraction of sp³-hybridized carbons (Fsp3) is 0.409. The Morgan fingerprint density at radius 1 is 1.04 bits per heavy atom. The maximum absolute atomic E-state index is 12.7. The Bertz CT molecular complexity index is 743. The molecule has 0 heterocycles. The first-order chi connectivity index (χ1) is 13.5. The van der Waals surface area contributed by atoms with Crippen LogP contribution in [-0.4, -0.2) is 35.4 Å². The molecule has 28 heavy (non-hydrogen) atoms. The van der Waals surface area contributed by atoms with Crippen molar-refractivity contribution in [1.29, 1.82) is 0 Å². The van der Waals surface area contributed by atoms with Crippen LogP contribution in [0.5, 0.6) is 0 Å². The van der Waals surface area contributed by atoms with Gasteiger partial charge in [-0.25, -0.2) is 0 Å². The number of hydrogen-bond acceptors (Lipinski definition) is 4. The lowest BCUT2D eigenvalue weighted by molar-refractivity contribution is -0.384. The highest BCUT2D eigenvalue weighted by molar-refractivity contribution is 5.94. The predicted molar refractivity (Wildman–Crippen MR) is 111 cm³/mol. The van der Waals surface area contributed by atoms with Crippen molar-refractivity contribution in [1.82, 2.24) is 10.2 Å².